The Hall–Kier alpha value is -2.31. The Morgan fingerprint density at radius 2 is 1.85 bits per heavy atom. The fourth-order valence-electron chi connectivity index (χ4n) is 5.68. The number of hydrogen-bond donors (Lipinski definition) is 1. The van der Waals surface area contributed by atoms with Gasteiger partial charge in [0.05, 0.1) is 10.6 Å². The third-order valence-corrected chi connectivity index (χ3v) is 7.97. The number of benzene rings is 1. The molecule has 1 aromatic carbocycles. The molecule has 6 nitrogen and oxygen atoms in total. The molecule has 33 heavy (non-hydrogen) atoms. The first-order valence-electron chi connectivity index (χ1n) is 11.8. The molecular formula is C26H31ClN2O4. The number of carbonyl (C=O) groups excluding carboxylic acids is 2. The molecule has 7 heteroatoms. The molecule has 3 heterocycles. The molecule has 5 rings (SSSR count). The molecule has 1 saturated heterocycles. The second kappa shape index (κ2) is 8.17. The highest BCUT2D eigenvalue weighted by Gasteiger charge is 2.48. The summed E-state index contributed by atoms with van der Waals surface area (Å²) in [5.74, 6) is 0.608. The summed E-state index contributed by atoms with van der Waals surface area (Å²) >= 11 is 6.82. The van der Waals surface area contributed by atoms with E-state index in [-0.39, 0.29) is 17.6 Å². The first-order valence-corrected chi connectivity index (χ1v) is 12.2. The maximum atomic E-state index is 13.6. The number of nitrogens with one attached hydrogen (secondary N) is 1. The van der Waals surface area contributed by atoms with Crippen molar-refractivity contribution in [2.45, 2.75) is 59.2 Å². The number of hydrogen-bond acceptors (Lipinski definition) is 5. The number of ketones is 1. The Labute approximate surface area is 199 Å². The van der Waals surface area contributed by atoms with Crippen LogP contribution in [-0.2, 0) is 11.2 Å². The van der Waals surface area contributed by atoms with Crippen LogP contribution in [0.25, 0.3) is 0 Å². The van der Waals surface area contributed by atoms with Crippen LogP contribution in [0.2, 0.25) is 5.02 Å². The molecule has 1 unspecified atom stereocenters. The van der Waals surface area contributed by atoms with Crippen molar-refractivity contribution in [3.63, 3.8) is 0 Å². The third kappa shape index (κ3) is 3.68. The van der Waals surface area contributed by atoms with E-state index < -0.39 is 5.79 Å². The van der Waals surface area contributed by atoms with E-state index in [0.717, 1.165) is 53.8 Å². The van der Waals surface area contributed by atoms with Gasteiger partial charge in [-0.05, 0) is 64.3 Å². The quantitative estimate of drug-likeness (QED) is 0.710. The van der Waals surface area contributed by atoms with Gasteiger partial charge in [-0.3, -0.25) is 9.59 Å². The van der Waals surface area contributed by atoms with Gasteiger partial charge in [0.2, 0.25) is 0 Å². The Balaban J connectivity index is 1.47. The van der Waals surface area contributed by atoms with Crippen LogP contribution in [0.4, 0.5) is 0 Å². The van der Waals surface area contributed by atoms with Crippen molar-refractivity contribution in [3.05, 3.63) is 44.5 Å². The number of nitrogens with zero attached hydrogens (tertiary/aromatic N) is 1. The highest BCUT2D eigenvalue weighted by molar-refractivity contribution is 6.34. The number of amides is 1. The molecule has 1 atom stereocenters. The fraction of sp³-hybridized carbons (Fsp3) is 0.538. The Morgan fingerprint density at radius 3 is 2.55 bits per heavy atom. The summed E-state index contributed by atoms with van der Waals surface area (Å²) in [6, 6.07) is 0. The average Bonchev–Trinajstić information content (AvgIpc) is 3.15. The van der Waals surface area contributed by atoms with E-state index in [1.165, 1.54) is 0 Å². The molecule has 0 spiro atoms. The van der Waals surface area contributed by atoms with Gasteiger partial charge in [-0.25, -0.2) is 0 Å². The zero-order valence-corrected chi connectivity index (χ0v) is 20.5. The SMILES string of the molecule is CC1=CC(C)=C(CN2CCc3c(Cl)c4c(c(C)c3C2=O)OC(C)(C2CCNCC2)O4)C(=O)C1. The van der Waals surface area contributed by atoms with E-state index >= 15 is 0 Å². The maximum Gasteiger partial charge on any atom is 0.254 e. The van der Waals surface area contributed by atoms with Gasteiger partial charge in [0.1, 0.15) is 0 Å². The van der Waals surface area contributed by atoms with E-state index in [2.05, 4.69) is 5.32 Å². The van der Waals surface area contributed by atoms with Crippen molar-refractivity contribution in [2.24, 2.45) is 5.92 Å². The summed E-state index contributed by atoms with van der Waals surface area (Å²) < 4.78 is 12.8. The molecule has 0 bridgehead atoms. The van der Waals surface area contributed by atoms with E-state index in [4.69, 9.17) is 21.1 Å². The third-order valence-electron chi connectivity index (χ3n) is 7.57. The van der Waals surface area contributed by atoms with E-state index in [1.54, 1.807) is 4.90 Å². The van der Waals surface area contributed by atoms with Crippen LogP contribution in [0.15, 0.2) is 22.8 Å². The van der Waals surface area contributed by atoms with Crippen LogP contribution in [0.5, 0.6) is 11.5 Å². The first-order chi connectivity index (χ1) is 15.7. The number of rotatable bonds is 3. The Kier molecular flexibility index (Phi) is 5.57. The topological polar surface area (TPSA) is 67.9 Å². The lowest BCUT2D eigenvalue weighted by molar-refractivity contribution is -0.118. The second-order valence-corrected chi connectivity index (χ2v) is 10.3. The maximum absolute atomic E-state index is 13.6. The molecule has 3 aliphatic heterocycles. The summed E-state index contributed by atoms with van der Waals surface area (Å²) in [7, 11) is 0. The standard InChI is InChI=1S/C26H31ClN2O4/c1-14-11-15(2)19(20(30)12-14)13-29-10-7-18-21(25(29)31)16(3)23-24(22(18)27)33-26(4,32-23)17-5-8-28-9-6-17/h11,17,28H,5-10,12-13H2,1-4H3. The van der Waals surface area contributed by atoms with E-state index in [9.17, 15) is 9.59 Å². The number of Topliss-reactive ketones (excluding diaryl/α,β-unsaturated/α-hetero) is 1. The molecule has 176 valence electrons. The summed E-state index contributed by atoms with van der Waals surface area (Å²) in [6.45, 7) is 10.5. The summed E-state index contributed by atoms with van der Waals surface area (Å²) in [5.41, 5.74) is 4.91. The number of ether oxygens (including phenoxy) is 2. The minimum atomic E-state index is -0.786. The minimum Gasteiger partial charge on any atom is -0.448 e. The Bertz CT molecular complexity index is 1120. The molecule has 1 fully saturated rings. The first kappa shape index (κ1) is 22.5. The minimum absolute atomic E-state index is 0.100. The average molecular weight is 471 g/mol. The number of fused-ring (bicyclic) bond motifs is 2. The highest BCUT2D eigenvalue weighted by Crippen LogP contribution is 2.53. The predicted octanol–water partition coefficient (Wildman–Crippen LogP) is 4.37. The molecule has 0 aromatic heterocycles. The van der Waals surface area contributed by atoms with E-state index in [1.807, 2.05) is 33.8 Å². The van der Waals surface area contributed by atoms with Crippen LogP contribution in [0.1, 0.15) is 61.5 Å². The summed E-state index contributed by atoms with van der Waals surface area (Å²) in [6.07, 6.45) is 5.01. The van der Waals surface area contributed by atoms with Crippen LogP contribution < -0.4 is 14.8 Å². The van der Waals surface area contributed by atoms with Crippen molar-refractivity contribution in [1.82, 2.24) is 10.2 Å². The van der Waals surface area contributed by atoms with Gasteiger partial charge in [-0.15, -0.1) is 0 Å². The van der Waals surface area contributed by atoms with Crippen LogP contribution in [-0.4, -0.2) is 48.6 Å². The summed E-state index contributed by atoms with van der Waals surface area (Å²) in [4.78, 5) is 28.0. The van der Waals surface area contributed by atoms with E-state index in [0.29, 0.717) is 48.0 Å². The van der Waals surface area contributed by atoms with Crippen LogP contribution >= 0.6 is 11.6 Å². The molecule has 1 aromatic rings. The van der Waals surface area contributed by atoms with Gasteiger partial charge < -0.3 is 19.7 Å². The van der Waals surface area contributed by atoms with Crippen molar-refractivity contribution < 1.29 is 19.1 Å². The monoisotopic (exact) mass is 470 g/mol. The highest BCUT2D eigenvalue weighted by atomic mass is 35.5. The van der Waals surface area contributed by atoms with Crippen molar-refractivity contribution in [1.29, 1.82) is 0 Å². The molecule has 4 aliphatic rings. The lowest BCUT2D eigenvalue weighted by Crippen LogP contribution is -2.47. The zero-order chi connectivity index (χ0) is 23.5. The molecule has 1 amide bonds. The largest absolute Gasteiger partial charge is 0.448 e. The molecule has 1 N–H and O–H groups in total. The Morgan fingerprint density at radius 1 is 1.15 bits per heavy atom. The fourth-order valence-corrected chi connectivity index (χ4v) is 6.00. The molecule has 0 radical (unpaired) electrons. The van der Waals surface area contributed by atoms with Crippen LogP contribution in [0.3, 0.4) is 0 Å². The van der Waals surface area contributed by atoms with Crippen LogP contribution in [0, 0.1) is 12.8 Å². The van der Waals surface area contributed by atoms with Gasteiger partial charge in [0.15, 0.2) is 17.3 Å². The van der Waals surface area contributed by atoms with Gasteiger partial charge in [-0.1, -0.05) is 23.3 Å². The lowest BCUT2D eigenvalue weighted by Gasteiger charge is -2.35. The summed E-state index contributed by atoms with van der Waals surface area (Å²) in [5, 5.41) is 3.86. The van der Waals surface area contributed by atoms with Crippen molar-refractivity contribution >= 4 is 23.3 Å². The molecular weight excluding hydrogens is 440 g/mol. The molecule has 1 aliphatic carbocycles. The molecule has 0 saturated carbocycles. The number of halogens is 1. The predicted molar refractivity (Wildman–Crippen MR) is 127 cm³/mol. The normalized spacial score (nSPS) is 25.5. The lowest BCUT2D eigenvalue weighted by atomic mass is 9.90. The van der Waals surface area contributed by atoms with Gasteiger partial charge >= 0.3 is 0 Å². The second-order valence-electron chi connectivity index (χ2n) is 9.92. The van der Waals surface area contributed by atoms with Gasteiger partial charge in [0, 0.05) is 43.5 Å². The number of carbonyl (C=O) groups is 2. The van der Waals surface area contributed by atoms with Crippen molar-refractivity contribution in [2.75, 3.05) is 26.2 Å². The number of piperidine rings is 1. The van der Waals surface area contributed by atoms with Gasteiger partial charge in [0.25, 0.3) is 11.7 Å². The number of allylic oxidation sites excluding steroid dienone is 3. The zero-order valence-electron chi connectivity index (χ0n) is 19.8. The smallest absolute Gasteiger partial charge is 0.254 e. The van der Waals surface area contributed by atoms with Crippen molar-refractivity contribution in [3.8, 4) is 11.5 Å². The van der Waals surface area contributed by atoms with Gasteiger partial charge in [-0.2, -0.15) is 0 Å².